The van der Waals surface area contributed by atoms with E-state index in [0.717, 1.165) is 6.07 Å². The summed E-state index contributed by atoms with van der Waals surface area (Å²) in [6.07, 6.45) is 0. The average molecular weight is 341 g/mol. The molecule has 0 saturated heterocycles. The topological polar surface area (TPSA) is 111 Å². The van der Waals surface area contributed by atoms with Gasteiger partial charge in [-0.2, -0.15) is 0 Å². The van der Waals surface area contributed by atoms with Crippen LogP contribution in [0.15, 0.2) is 58.1 Å². The number of hydrogen-bond acceptors (Lipinski definition) is 4. The van der Waals surface area contributed by atoms with Gasteiger partial charge in [0.2, 0.25) is 0 Å². The lowest BCUT2D eigenvalue weighted by Crippen LogP contribution is -2.30. The highest BCUT2D eigenvalue weighted by Crippen LogP contribution is 2.26. The van der Waals surface area contributed by atoms with Gasteiger partial charge >= 0.3 is 6.03 Å². The van der Waals surface area contributed by atoms with Crippen molar-refractivity contribution < 1.29 is 14.3 Å². The standard InChI is InChI=1S/C17H12FN3O4/c18-9-4-3-5-10(8-9)19-17(25)21-13-14(22)11-6-1-2-7-12(11)20-16(24)15(13)23/h1-8H,(H4,19,20,21,22,23,24,25). The number of aromatic amines is 1. The zero-order valence-corrected chi connectivity index (χ0v) is 12.7. The lowest BCUT2D eigenvalue weighted by atomic mass is 10.2. The quantitative estimate of drug-likeness (QED) is 0.536. The van der Waals surface area contributed by atoms with E-state index in [2.05, 4.69) is 15.6 Å². The van der Waals surface area contributed by atoms with Crippen molar-refractivity contribution in [2.24, 2.45) is 0 Å². The van der Waals surface area contributed by atoms with Gasteiger partial charge in [0.15, 0.2) is 5.75 Å². The Balaban J connectivity index is 2.02. The summed E-state index contributed by atoms with van der Waals surface area (Å²) in [7, 11) is 0. The Labute approximate surface area is 139 Å². The van der Waals surface area contributed by atoms with Crippen LogP contribution in [0.5, 0.6) is 5.75 Å². The molecule has 2 aromatic carbocycles. The zero-order chi connectivity index (χ0) is 18.0. The summed E-state index contributed by atoms with van der Waals surface area (Å²) in [5.74, 6) is -1.10. The van der Waals surface area contributed by atoms with E-state index < -0.39 is 34.3 Å². The van der Waals surface area contributed by atoms with Crippen molar-refractivity contribution in [1.29, 1.82) is 0 Å². The third kappa shape index (κ3) is 3.32. The summed E-state index contributed by atoms with van der Waals surface area (Å²) < 4.78 is 13.1. The van der Waals surface area contributed by atoms with E-state index in [1.165, 1.54) is 30.3 Å². The molecule has 7 nitrogen and oxygen atoms in total. The smallest absolute Gasteiger partial charge is 0.323 e. The van der Waals surface area contributed by atoms with E-state index >= 15 is 0 Å². The number of carbonyl (C=O) groups excluding carboxylic acids is 1. The van der Waals surface area contributed by atoms with Crippen molar-refractivity contribution >= 4 is 28.3 Å². The molecule has 25 heavy (non-hydrogen) atoms. The number of hydrogen-bond donors (Lipinski definition) is 4. The van der Waals surface area contributed by atoms with E-state index in [1.807, 2.05) is 0 Å². The number of halogens is 1. The lowest BCUT2D eigenvalue weighted by molar-refractivity contribution is 0.262. The largest absolute Gasteiger partial charge is 0.505 e. The van der Waals surface area contributed by atoms with Gasteiger partial charge in [-0.05, 0) is 30.3 Å². The summed E-state index contributed by atoms with van der Waals surface area (Å²) >= 11 is 0. The highest BCUT2D eigenvalue weighted by molar-refractivity contribution is 6.02. The first-order valence-corrected chi connectivity index (χ1v) is 7.17. The second-order valence-corrected chi connectivity index (χ2v) is 5.14. The maximum Gasteiger partial charge on any atom is 0.323 e. The summed E-state index contributed by atoms with van der Waals surface area (Å²) in [6.45, 7) is 0. The molecule has 0 aliphatic heterocycles. The van der Waals surface area contributed by atoms with Crippen LogP contribution >= 0.6 is 0 Å². The van der Waals surface area contributed by atoms with E-state index in [0.29, 0.717) is 0 Å². The number of benzene rings is 2. The van der Waals surface area contributed by atoms with E-state index in [-0.39, 0.29) is 16.6 Å². The fraction of sp³-hybridized carbons (Fsp3) is 0. The number of nitrogens with one attached hydrogen (secondary N) is 3. The first kappa shape index (κ1) is 16.2. The predicted octanol–water partition coefficient (Wildman–Crippen LogP) is 2.38. The minimum Gasteiger partial charge on any atom is -0.505 e. The second-order valence-electron chi connectivity index (χ2n) is 5.14. The molecule has 4 N–H and O–H groups in total. The zero-order valence-electron chi connectivity index (χ0n) is 12.7. The van der Waals surface area contributed by atoms with Crippen LogP contribution in [-0.2, 0) is 0 Å². The second kappa shape index (κ2) is 6.44. The number of amides is 2. The van der Waals surface area contributed by atoms with Crippen LogP contribution in [0, 0.1) is 5.82 Å². The number of para-hydroxylation sites is 1. The molecule has 1 heterocycles. The first-order valence-electron chi connectivity index (χ1n) is 7.17. The van der Waals surface area contributed by atoms with Crippen LogP contribution in [0.4, 0.5) is 20.6 Å². The Morgan fingerprint density at radius 3 is 2.56 bits per heavy atom. The number of carbonyl (C=O) groups is 1. The molecule has 2 amide bonds. The van der Waals surface area contributed by atoms with Crippen LogP contribution in [-0.4, -0.2) is 16.1 Å². The van der Waals surface area contributed by atoms with Crippen LogP contribution in [0.2, 0.25) is 0 Å². The third-order valence-electron chi connectivity index (χ3n) is 3.42. The van der Waals surface area contributed by atoms with Gasteiger partial charge in [0.1, 0.15) is 11.5 Å². The normalized spacial score (nSPS) is 10.4. The van der Waals surface area contributed by atoms with E-state index in [4.69, 9.17) is 0 Å². The van der Waals surface area contributed by atoms with Gasteiger partial charge in [0.25, 0.3) is 11.0 Å². The number of H-pyrrole nitrogens is 1. The molecule has 0 saturated carbocycles. The number of urea groups is 1. The molecule has 3 rings (SSSR count). The van der Waals surface area contributed by atoms with Gasteiger partial charge in [-0.15, -0.1) is 0 Å². The van der Waals surface area contributed by atoms with Crippen molar-refractivity contribution in [3.63, 3.8) is 0 Å². The van der Waals surface area contributed by atoms with Gasteiger partial charge in [0.05, 0.1) is 5.52 Å². The molecule has 126 valence electrons. The van der Waals surface area contributed by atoms with Crippen molar-refractivity contribution in [2.75, 3.05) is 10.6 Å². The maximum atomic E-state index is 13.1. The molecule has 8 heteroatoms. The van der Waals surface area contributed by atoms with Crippen molar-refractivity contribution in [3.05, 3.63) is 74.9 Å². The minimum atomic E-state index is -1.11. The summed E-state index contributed by atoms with van der Waals surface area (Å²) in [5.41, 5.74) is -2.30. The number of anilines is 2. The average Bonchev–Trinajstić information content (AvgIpc) is 2.66. The molecule has 0 bridgehead atoms. The highest BCUT2D eigenvalue weighted by atomic mass is 19.1. The van der Waals surface area contributed by atoms with Crippen LogP contribution in [0.1, 0.15) is 0 Å². The van der Waals surface area contributed by atoms with Crippen molar-refractivity contribution in [1.82, 2.24) is 4.98 Å². The number of rotatable bonds is 2. The molecule has 1 aromatic heterocycles. The van der Waals surface area contributed by atoms with E-state index in [9.17, 15) is 23.9 Å². The lowest BCUT2D eigenvalue weighted by Gasteiger charge is -2.07. The summed E-state index contributed by atoms with van der Waals surface area (Å²) in [4.78, 5) is 38.4. The first-order chi connectivity index (χ1) is 12.0. The number of aromatic nitrogens is 1. The maximum absolute atomic E-state index is 13.1. The van der Waals surface area contributed by atoms with Gasteiger partial charge < -0.3 is 20.7 Å². The Morgan fingerprint density at radius 1 is 1.04 bits per heavy atom. The molecular weight excluding hydrogens is 329 g/mol. The van der Waals surface area contributed by atoms with Crippen LogP contribution < -0.4 is 21.6 Å². The van der Waals surface area contributed by atoms with Gasteiger partial charge in [0, 0.05) is 11.1 Å². The van der Waals surface area contributed by atoms with Gasteiger partial charge in [-0.3, -0.25) is 9.59 Å². The molecule has 0 unspecified atom stereocenters. The molecule has 0 aliphatic rings. The monoisotopic (exact) mass is 341 g/mol. The molecule has 3 aromatic rings. The third-order valence-corrected chi connectivity index (χ3v) is 3.42. The SMILES string of the molecule is O=C(Nc1cccc(F)c1)Nc1c(O)c2ccccc2[nH]c(=O)c1=O. The Kier molecular flexibility index (Phi) is 4.17. The Hall–Kier alpha value is -3.68. The van der Waals surface area contributed by atoms with Gasteiger partial charge in [-0.1, -0.05) is 18.2 Å². The molecule has 0 atom stereocenters. The Bertz CT molecular complexity index is 1090. The number of aromatic hydroxyl groups is 1. The fourth-order valence-electron chi connectivity index (χ4n) is 2.29. The Morgan fingerprint density at radius 2 is 1.80 bits per heavy atom. The summed E-state index contributed by atoms with van der Waals surface area (Å²) in [5, 5.41) is 15.0. The predicted molar refractivity (Wildman–Crippen MR) is 91.5 cm³/mol. The molecule has 0 aliphatic carbocycles. The molecule has 0 fully saturated rings. The molecule has 0 radical (unpaired) electrons. The van der Waals surface area contributed by atoms with Crippen molar-refractivity contribution in [3.8, 4) is 5.75 Å². The molecule has 0 spiro atoms. The van der Waals surface area contributed by atoms with Crippen molar-refractivity contribution in [2.45, 2.75) is 0 Å². The number of fused-ring (bicyclic) bond motifs is 1. The van der Waals surface area contributed by atoms with E-state index in [1.54, 1.807) is 12.1 Å². The van der Waals surface area contributed by atoms with Gasteiger partial charge in [-0.25, -0.2) is 9.18 Å². The minimum absolute atomic E-state index is 0.142. The van der Waals surface area contributed by atoms with Crippen LogP contribution in [0.3, 0.4) is 0 Å². The fourth-order valence-corrected chi connectivity index (χ4v) is 2.29. The summed E-state index contributed by atoms with van der Waals surface area (Å²) in [6, 6.07) is 10.4. The van der Waals surface area contributed by atoms with Crippen LogP contribution in [0.25, 0.3) is 10.9 Å². The highest BCUT2D eigenvalue weighted by Gasteiger charge is 2.15. The molecular formula is C17H12FN3O4.